The van der Waals surface area contributed by atoms with Crippen LogP contribution in [0.15, 0.2) is 0 Å². The Morgan fingerprint density at radius 3 is 2.53 bits per heavy atom. The van der Waals surface area contributed by atoms with E-state index >= 15 is 0 Å². The summed E-state index contributed by atoms with van der Waals surface area (Å²) in [6, 6.07) is 0.215. The highest BCUT2D eigenvalue weighted by Gasteiger charge is 2.26. The Morgan fingerprint density at radius 1 is 1.12 bits per heavy atom. The average Bonchev–Trinajstić information content (AvgIpc) is 2.42. The summed E-state index contributed by atoms with van der Waals surface area (Å²) < 4.78 is 35.7. The fraction of sp³-hybridized carbons (Fsp3) is 1.00. The third-order valence-corrected chi connectivity index (χ3v) is 3.44. The maximum Gasteiger partial charge on any atom is 0.389 e. The van der Waals surface area contributed by atoms with E-state index in [-0.39, 0.29) is 12.5 Å². The summed E-state index contributed by atoms with van der Waals surface area (Å²) in [6.07, 6.45) is 1.21. The van der Waals surface area contributed by atoms with E-state index in [2.05, 4.69) is 5.32 Å². The van der Waals surface area contributed by atoms with Crippen molar-refractivity contribution in [3.8, 4) is 0 Å². The maximum absolute atomic E-state index is 11.9. The van der Waals surface area contributed by atoms with E-state index in [0.29, 0.717) is 12.5 Å². The fourth-order valence-electron chi connectivity index (χ4n) is 2.37. The van der Waals surface area contributed by atoms with E-state index < -0.39 is 12.6 Å². The monoisotopic (exact) mass is 252 g/mol. The number of hydrogen-bond acceptors (Lipinski definition) is 2. The molecule has 0 saturated heterocycles. The lowest BCUT2D eigenvalue weighted by molar-refractivity contribution is -0.135. The van der Waals surface area contributed by atoms with Gasteiger partial charge in [-0.05, 0) is 38.3 Å². The topological polar surface area (TPSA) is 38.0 Å². The predicted molar refractivity (Wildman–Crippen MR) is 62.7 cm³/mol. The second-order valence-corrected chi connectivity index (χ2v) is 4.98. The van der Waals surface area contributed by atoms with Crippen LogP contribution < -0.4 is 11.1 Å². The van der Waals surface area contributed by atoms with Gasteiger partial charge in [0.25, 0.3) is 0 Å². The molecule has 0 aliphatic heterocycles. The van der Waals surface area contributed by atoms with Gasteiger partial charge < -0.3 is 11.1 Å². The summed E-state index contributed by atoms with van der Waals surface area (Å²) in [5.74, 6) is 0.434. The van der Waals surface area contributed by atoms with Crippen LogP contribution in [-0.4, -0.2) is 25.3 Å². The van der Waals surface area contributed by atoms with Gasteiger partial charge >= 0.3 is 6.18 Å². The van der Waals surface area contributed by atoms with Gasteiger partial charge in [0.05, 0.1) is 0 Å². The van der Waals surface area contributed by atoms with E-state index in [1.165, 1.54) is 19.3 Å². The summed E-state index contributed by atoms with van der Waals surface area (Å²) >= 11 is 0. The highest BCUT2D eigenvalue weighted by atomic mass is 19.4. The Balaban J connectivity index is 2.08. The van der Waals surface area contributed by atoms with Crippen LogP contribution in [0.5, 0.6) is 0 Å². The molecule has 5 heteroatoms. The second kappa shape index (κ2) is 7.21. The van der Waals surface area contributed by atoms with Crippen molar-refractivity contribution in [2.45, 2.75) is 57.2 Å². The molecule has 0 aromatic rings. The van der Waals surface area contributed by atoms with Crippen LogP contribution in [0.2, 0.25) is 0 Å². The lowest BCUT2D eigenvalue weighted by Crippen LogP contribution is -2.36. The molecule has 0 heterocycles. The third-order valence-electron chi connectivity index (χ3n) is 3.44. The standard InChI is InChI=1S/C12H23F3N2/c13-12(14,15)7-4-8-17-9-10-5-2-1-3-6-11(10)16/h10-11,17H,1-9,16H2. The first kappa shape index (κ1) is 14.8. The number of alkyl halides is 3. The summed E-state index contributed by atoms with van der Waals surface area (Å²) in [4.78, 5) is 0. The van der Waals surface area contributed by atoms with Crippen LogP contribution in [0.3, 0.4) is 0 Å². The quantitative estimate of drug-likeness (QED) is 0.583. The molecule has 2 atom stereocenters. The molecule has 1 saturated carbocycles. The molecule has 0 aromatic heterocycles. The van der Waals surface area contributed by atoms with E-state index in [0.717, 1.165) is 19.4 Å². The van der Waals surface area contributed by atoms with Gasteiger partial charge in [-0.25, -0.2) is 0 Å². The summed E-state index contributed by atoms with van der Waals surface area (Å²) in [5.41, 5.74) is 6.04. The van der Waals surface area contributed by atoms with E-state index in [1.807, 2.05) is 0 Å². The van der Waals surface area contributed by atoms with Crippen LogP contribution in [0.25, 0.3) is 0 Å². The van der Waals surface area contributed by atoms with Gasteiger partial charge in [-0.3, -0.25) is 0 Å². The fourth-order valence-corrected chi connectivity index (χ4v) is 2.37. The van der Waals surface area contributed by atoms with Gasteiger partial charge in [-0.2, -0.15) is 13.2 Å². The first-order valence-electron chi connectivity index (χ1n) is 6.52. The third kappa shape index (κ3) is 6.88. The molecule has 2 unspecified atom stereocenters. The molecule has 3 N–H and O–H groups in total. The Bertz CT molecular complexity index is 206. The molecule has 17 heavy (non-hydrogen) atoms. The molecule has 2 nitrogen and oxygen atoms in total. The highest BCUT2D eigenvalue weighted by Crippen LogP contribution is 2.22. The lowest BCUT2D eigenvalue weighted by atomic mass is 9.95. The normalized spacial score (nSPS) is 26.8. The van der Waals surface area contributed by atoms with Crippen LogP contribution in [0.1, 0.15) is 44.9 Å². The molecule has 1 aliphatic carbocycles. The Morgan fingerprint density at radius 2 is 1.82 bits per heavy atom. The zero-order valence-electron chi connectivity index (χ0n) is 10.2. The summed E-state index contributed by atoms with van der Waals surface area (Å²) in [6.45, 7) is 1.20. The second-order valence-electron chi connectivity index (χ2n) is 4.98. The molecule has 0 spiro atoms. The van der Waals surface area contributed by atoms with Crippen molar-refractivity contribution in [2.24, 2.45) is 11.7 Å². The number of nitrogens with one attached hydrogen (secondary N) is 1. The Hall–Kier alpha value is -0.290. The zero-order chi connectivity index (χ0) is 12.7. The van der Waals surface area contributed by atoms with Gasteiger partial charge in [-0.1, -0.05) is 19.3 Å². The van der Waals surface area contributed by atoms with Crippen LogP contribution in [0, 0.1) is 5.92 Å². The Labute approximate surface area is 101 Å². The van der Waals surface area contributed by atoms with Gasteiger partial charge in [0.2, 0.25) is 0 Å². The molecule has 1 rings (SSSR count). The average molecular weight is 252 g/mol. The van der Waals surface area contributed by atoms with Crippen molar-refractivity contribution in [1.82, 2.24) is 5.32 Å². The smallest absolute Gasteiger partial charge is 0.327 e. The van der Waals surface area contributed by atoms with E-state index in [1.54, 1.807) is 0 Å². The van der Waals surface area contributed by atoms with Gasteiger partial charge in [0.1, 0.15) is 0 Å². The highest BCUT2D eigenvalue weighted by molar-refractivity contribution is 4.78. The molecular formula is C12H23F3N2. The van der Waals surface area contributed by atoms with Crippen LogP contribution in [0.4, 0.5) is 13.2 Å². The summed E-state index contributed by atoms with van der Waals surface area (Å²) in [5, 5.41) is 3.11. The van der Waals surface area contributed by atoms with Crippen LogP contribution in [-0.2, 0) is 0 Å². The molecule has 0 amide bonds. The van der Waals surface area contributed by atoms with Gasteiger partial charge in [-0.15, -0.1) is 0 Å². The van der Waals surface area contributed by atoms with Crippen molar-refractivity contribution in [3.05, 3.63) is 0 Å². The first-order chi connectivity index (χ1) is 7.99. The predicted octanol–water partition coefficient (Wildman–Crippen LogP) is 2.83. The lowest BCUT2D eigenvalue weighted by Gasteiger charge is -2.21. The molecular weight excluding hydrogens is 229 g/mol. The van der Waals surface area contributed by atoms with Crippen molar-refractivity contribution in [1.29, 1.82) is 0 Å². The minimum Gasteiger partial charge on any atom is -0.327 e. The molecule has 0 aromatic carbocycles. The Kier molecular flexibility index (Phi) is 6.27. The van der Waals surface area contributed by atoms with Crippen molar-refractivity contribution >= 4 is 0 Å². The number of nitrogens with two attached hydrogens (primary N) is 1. The first-order valence-corrected chi connectivity index (χ1v) is 6.52. The largest absolute Gasteiger partial charge is 0.389 e. The number of hydrogen-bond donors (Lipinski definition) is 2. The van der Waals surface area contributed by atoms with Gasteiger partial charge in [0, 0.05) is 12.5 Å². The maximum atomic E-state index is 11.9. The number of rotatable bonds is 5. The van der Waals surface area contributed by atoms with Crippen molar-refractivity contribution in [2.75, 3.05) is 13.1 Å². The van der Waals surface area contributed by atoms with Crippen molar-refractivity contribution < 1.29 is 13.2 Å². The molecule has 1 aliphatic rings. The molecule has 0 radical (unpaired) electrons. The van der Waals surface area contributed by atoms with Gasteiger partial charge in [0.15, 0.2) is 0 Å². The van der Waals surface area contributed by atoms with E-state index in [4.69, 9.17) is 5.73 Å². The minimum absolute atomic E-state index is 0.158. The molecule has 102 valence electrons. The van der Waals surface area contributed by atoms with Crippen LogP contribution >= 0.6 is 0 Å². The SMILES string of the molecule is NC1CCCCCC1CNCCCC(F)(F)F. The van der Waals surface area contributed by atoms with E-state index in [9.17, 15) is 13.2 Å². The number of halogens is 3. The van der Waals surface area contributed by atoms with Crippen molar-refractivity contribution in [3.63, 3.8) is 0 Å². The zero-order valence-corrected chi connectivity index (χ0v) is 10.2. The molecule has 0 bridgehead atoms. The molecule has 1 fully saturated rings. The minimum atomic E-state index is -4.03. The summed E-state index contributed by atoms with van der Waals surface area (Å²) in [7, 11) is 0.